The maximum atomic E-state index is 13.7. The van der Waals surface area contributed by atoms with Gasteiger partial charge in [-0.2, -0.15) is 5.10 Å². The summed E-state index contributed by atoms with van der Waals surface area (Å²) in [5.74, 6) is 0.344. The van der Waals surface area contributed by atoms with Gasteiger partial charge in [-0.1, -0.05) is 0 Å². The second-order valence-electron chi connectivity index (χ2n) is 4.45. The molecule has 0 radical (unpaired) electrons. The summed E-state index contributed by atoms with van der Waals surface area (Å²) >= 11 is 0. The van der Waals surface area contributed by atoms with Crippen LogP contribution in [0.2, 0.25) is 0 Å². The quantitative estimate of drug-likeness (QED) is 0.929. The van der Waals surface area contributed by atoms with Gasteiger partial charge in [-0.05, 0) is 23.8 Å². The van der Waals surface area contributed by atoms with Crippen LogP contribution in [0.5, 0.6) is 11.6 Å². The number of nitrogens with zero attached hydrogens (tertiary/aromatic N) is 2. The molecule has 0 unspecified atom stereocenters. The fourth-order valence-electron chi connectivity index (χ4n) is 2.07. The van der Waals surface area contributed by atoms with E-state index in [1.54, 1.807) is 24.4 Å². The molecule has 3 rings (SSSR count). The molecule has 0 bridgehead atoms. The Morgan fingerprint density at radius 2 is 2.30 bits per heavy atom. The molecule has 1 aromatic carbocycles. The van der Waals surface area contributed by atoms with E-state index in [1.165, 1.54) is 12.1 Å². The highest BCUT2D eigenvalue weighted by atomic mass is 19.1. The number of nitrogens with one attached hydrogen (secondary N) is 1. The van der Waals surface area contributed by atoms with E-state index in [9.17, 15) is 4.39 Å². The minimum absolute atomic E-state index is 0.163. The van der Waals surface area contributed by atoms with Crippen molar-refractivity contribution in [2.75, 3.05) is 19.7 Å². The Balaban J connectivity index is 1.82. The smallest absolute Gasteiger partial charge is 0.238 e. The van der Waals surface area contributed by atoms with E-state index in [1.807, 2.05) is 0 Å². The SMILES string of the molecule is Fc1cc(Oc2cccnn2)cc([C@@H]2CNCCO2)c1. The van der Waals surface area contributed by atoms with Gasteiger partial charge in [-0.15, -0.1) is 5.10 Å². The van der Waals surface area contributed by atoms with Gasteiger partial charge in [0.15, 0.2) is 0 Å². The van der Waals surface area contributed by atoms with Crippen LogP contribution in [0.15, 0.2) is 36.5 Å². The van der Waals surface area contributed by atoms with Crippen LogP contribution in [0.3, 0.4) is 0 Å². The van der Waals surface area contributed by atoms with Crippen LogP contribution in [0, 0.1) is 5.82 Å². The first kappa shape index (κ1) is 13.0. The summed E-state index contributed by atoms with van der Waals surface area (Å²) in [4.78, 5) is 0. The predicted molar refractivity (Wildman–Crippen MR) is 70.1 cm³/mol. The summed E-state index contributed by atoms with van der Waals surface area (Å²) in [6.45, 7) is 2.09. The maximum Gasteiger partial charge on any atom is 0.238 e. The predicted octanol–water partition coefficient (Wildman–Crippen LogP) is 2.07. The van der Waals surface area contributed by atoms with Crippen LogP contribution < -0.4 is 10.1 Å². The molecule has 104 valence electrons. The van der Waals surface area contributed by atoms with Crippen molar-refractivity contribution in [1.82, 2.24) is 15.5 Å². The summed E-state index contributed by atoms with van der Waals surface area (Å²) in [7, 11) is 0. The second kappa shape index (κ2) is 5.94. The van der Waals surface area contributed by atoms with E-state index in [2.05, 4.69) is 15.5 Å². The van der Waals surface area contributed by atoms with Crippen LogP contribution in [0.25, 0.3) is 0 Å². The summed E-state index contributed by atoms with van der Waals surface area (Å²) < 4.78 is 24.8. The number of rotatable bonds is 3. The number of halogens is 1. The lowest BCUT2D eigenvalue weighted by molar-refractivity contribution is 0.0274. The largest absolute Gasteiger partial charge is 0.437 e. The van der Waals surface area contributed by atoms with Gasteiger partial charge < -0.3 is 14.8 Å². The van der Waals surface area contributed by atoms with Gasteiger partial charge in [0.25, 0.3) is 0 Å². The van der Waals surface area contributed by atoms with Crippen LogP contribution in [-0.2, 0) is 4.74 Å². The summed E-state index contributed by atoms with van der Waals surface area (Å²) in [5, 5.41) is 10.7. The molecule has 5 nitrogen and oxygen atoms in total. The van der Waals surface area contributed by atoms with Crippen LogP contribution >= 0.6 is 0 Å². The molecule has 1 atom stereocenters. The number of aromatic nitrogens is 2. The summed E-state index contributed by atoms with van der Waals surface area (Å²) in [5.41, 5.74) is 0.746. The molecule has 1 aromatic heterocycles. The molecule has 6 heteroatoms. The van der Waals surface area contributed by atoms with Gasteiger partial charge in [0.2, 0.25) is 5.88 Å². The molecule has 0 saturated carbocycles. The molecule has 0 spiro atoms. The third-order valence-electron chi connectivity index (χ3n) is 2.96. The van der Waals surface area contributed by atoms with Crippen molar-refractivity contribution in [2.24, 2.45) is 0 Å². The minimum Gasteiger partial charge on any atom is -0.437 e. The highest BCUT2D eigenvalue weighted by Gasteiger charge is 2.17. The van der Waals surface area contributed by atoms with E-state index >= 15 is 0 Å². The standard InChI is InChI=1S/C14H14FN3O2/c15-11-6-10(13-9-16-4-5-19-13)7-12(8-11)20-14-2-1-3-17-18-14/h1-3,6-8,13,16H,4-5,9H2/t13-/m0/s1. The number of morpholine rings is 1. The van der Waals surface area contributed by atoms with Crippen molar-refractivity contribution in [2.45, 2.75) is 6.10 Å². The van der Waals surface area contributed by atoms with E-state index in [-0.39, 0.29) is 11.9 Å². The van der Waals surface area contributed by atoms with Crippen molar-refractivity contribution in [3.63, 3.8) is 0 Å². The van der Waals surface area contributed by atoms with Crippen LogP contribution in [0.4, 0.5) is 4.39 Å². The number of hydrogen-bond acceptors (Lipinski definition) is 5. The third-order valence-corrected chi connectivity index (χ3v) is 2.96. The van der Waals surface area contributed by atoms with Crippen LogP contribution in [-0.4, -0.2) is 29.9 Å². The molecule has 1 aliphatic heterocycles. The average molecular weight is 275 g/mol. The highest BCUT2D eigenvalue weighted by Crippen LogP contribution is 2.27. The van der Waals surface area contributed by atoms with Gasteiger partial charge in [0.1, 0.15) is 11.6 Å². The zero-order chi connectivity index (χ0) is 13.8. The highest BCUT2D eigenvalue weighted by molar-refractivity contribution is 5.33. The lowest BCUT2D eigenvalue weighted by Gasteiger charge is -2.24. The molecule has 2 heterocycles. The van der Waals surface area contributed by atoms with Crippen molar-refractivity contribution in [3.8, 4) is 11.6 Å². The number of benzene rings is 1. The average Bonchev–Trinajstić information content (AvgIpc) is 2.49. The normalized spacial score (nSPS) is 18.8. The van der Waals surface area contributed by atoms with Gasteiger partial charge in [-0.25, -0.2) is 4.39 Å². The third kappa shape index (κ3) is 3.09. The van der Waals surface area contributed by atoms with E-state index in [0.717, 1.165) is 12.1 Å². The Hall–Kier alpha value is -2.05. The maximum absolute atomic E-state index is 13.7. The fraction of sp³-hybridized carbons (Fsp3) is 0.286. The van der Waals surface area contributed by atoms with E-state index in [0.29, 0.717) is 24.8 Å². The number of ether oxygens (including phenoxy) is 2. The van der Waals surface area contributed by atoms with Crippen LogP contribution in [0.1, 0.15) is 11.7 Å². The zero-order valence-electron chi connectivity index (χ0n) is 10.8. The molecule has 0 aliphatic carbocycles. The van der Waals surface area contributed by atoms with Gasteiger partial charge in [-0.3, -0.25) is 0 Å². The Bertz CT molecular complexity index is 574. The second-order valence-corrected chi connectivity index (χ2v) is 4.45. The Kier molecular flexibility index (Phi) is 3.85. The first-order valence-corrected chi connectivity index (χ1v) is 6.39. The van der Waals surface area contributed by atoms with Crippen molar-refractivity contribution in [3.05, 3.63) is 47.9 Å². The molecule has 1 fully saturated rings. The first-order valence-electron chi connectivity index (χ1n) is 6.39. The molecule has 0 amide bonds. The molecular formula is C14H14FN3O2. The molecule has 1 saturated heterocycles. The zero-order valence-corrected chi connectivity index (χ0v) is 10.8. The first-order chi connectivity index (χ1) is 9.81. The topological polar surface area (TPSA) is 56.3 Å². The summed E-state index contributed by atoms with van der Waals surface area (Å²) in [6.07, 6.45) is 1.38. The van der Waals surface area contributed by atoms with Crippen molar-refractivity contribution < 1.29 is 13.9 Å². The Labute approximate surface area is 115 Å². The molecule has 1 N–H and O–H groups in total. The fourth-order valence-corrected chi connectivity index (χ4v) is 2.07. The van der Waals surface area contributed by atoms with Crippen molar-refractivity contribution in [1.29, 1.82) is 0 Å². The molecular weight excluding hydrogens is 261 g/mol. The molecule has 20 heavy (non-hydrogen) atoms. The lowest BCUT2D eigenvalue weighted by Crippen LogP contribution is -2.33. The molecule has 1 aliphatic rings. The van der Waals surface area contributed by atoms with Crippen molar-refractivity contribution >= 4 is 0 Å². The lowest BCUT2D eigenvalue weighted by atomic mass is 10.1. The number of hydrogen-bond donors (Lipinski definition) is 1. The van der Waals surface area contributed by atoms with Gasteiger partial charge in [0, 0.05) is 31.4 Å². The molecule has 2 aromatic rings. The monoisotopic (exact) mass is 275 g/mol. The summed E-state index contributed by atoms with van der Waals surface area (Å²) in [6, 6.07) is 7.90. The van der Waals surface area contributed by atoms with Gasteiger partial charge in [0.05, 0.1) is 12.7 Å². The Morgan fingerprint density at radius 3 is 3.05 bits per heavy atom. The minimum atomic E-state index is -0.365. The van der Waals surface area contributed by atoms with E-state index in [4.69, 9.17) is 9.47 Å². The Morgan fingerprint density at radius 1 is 1.35 bits per heavy atom. The van der Waals surface area contributed by atoms with Gasteiger partial charge >= 0.3 is 0 Å². The van der Waals surface area contributed by atoms with E-state index < -0.39 is 0 Å².